The summed E-state index contributed by atoms with van der Waals surface area (Å²) in [4.78, 5) is 15.1. The lowest BCUT2D eigenvalue weighted by molar-refractivity contribution is -0.149. The predicted molar refractivity (Wildman–Crippen MR) is 89.6 cm³/mol. The number of carbonyl (C=O) groups is 1. The average Bonchev–Trinajstić information content (AvgIpc) is 2.57. The van der Waals surface area contributed by atoms with Crippen molar-refractivity contribution in [3.05, 3.63) is 23.3 Å². The molecule has 1 N–H and O–H groups in total. The van der Waals surface area contributed by atoms with Crippen molar-refractivity contribution in [2.24, 2.45) is 5.92 Å². The Morgan fingerprint density at radius 3 is 2.83 bits per heavy atom. The van der Waals surface area contributed by atoms with Gasteiger partial charge in [-0.15, -0.1) is 0 Å². The Labute approximate surface area is 142 Å². The van der Waals surface area contributed by atoms with Gasteiger partial charge in [0.1, 0.15) is 6.10 Å². The lowest BCUT2D eigenvalue weighted by Gasteiger charge is -2.60. The summed E-state index contributed by atoms with van der Waals surface area (Å²) in [5.74, 6) is 1.16. The highest BCUT2D eigenvalue weighted by Crippen LogP contribution is 2.58. The first-order valence-corrected chi connectivity index (χ1v) is 8.69. The number of phenolic OH excluding ortho intramolecular Hbond substituents is 1. The molecule has 5 heteroatoms. The molecule has 5 nitrogen and oxygen atoms in total. The first-order valence-electron chi connectivity index (χ1n) is 8.69. The lowest BCUT2D eigenvalue weighted by atomic mass is 9.50. The molecule has 2 bridgehead atoms. The second-order valence-electron chi connectivity index (χ2n) is 7.42. The smallest absolute Gasteiger partial charge is 0.162 e. The van der Waals surface area contributed by atoms with E-state index in [0.29, 0.717) is 24.1 Å². The van der Waals surface area contributed by atoms with Gasteiger partial charge in [-0.1, -0.05) is 6.07 Å². The maximum Gasteiger partial charge on any atom is 0.162 e. The van der Waals surface area contributed by atoms with Gasteiger partial charge in [0.15, 0.2) is 17.3 Å². The van der Waals surface area contributed by atoms with Crippen molar-refractivity contribution in [2.75, 3.05) is 27.8 Å². The number of carbonyl (C=O) groups excluding carboxylic acids is 1. The number of hydrogen-bond donors (Lipinski definition) is 1. The molecule has 4 unspecified atom stereocenters. The molecule has 1 aliphatic heterocycles. The van der Waals surface area contributed by atoms with E-state index in [9.17, 15) is 9.90 Å². The van der Waals surface area contributed by atoms with Crippen LogP contribution in [-0.2, 0) is 21.4 Å². The average molecular weight is 331 g/mol. The molecule has 130 valence electrons. The summed E-state index contributed by atoms with van der Waals surface area (Å²) in [6, 6.07) is 4.27. The summed E-state index contributed by atoms with van der Waals surface area (Å²) in [6.07, 6.45) is 2.67. The van der Waals surface area contributed by atoms with Gasteiger partial charge in [-0.25, -0.2) is 0 Å². The van der Waals surface area contributed by atoms with Gasteiger partial charge >= 0.3 is 0 Å². The molecule has 2 aliphatic carbocycles. The van der Waals surface area contributed by atoms with Crippen LogP contribution in [0.5, 0.6) is 11.5 Å². The fourth-order valence-corrected chi connectivity index (χ4v) is 5.63. The summed E-state index contributed by atoms with van der Waals surface area (Å²) >= 11 is 0. The van der Waals surface area contributed by atoms with Crippen LogP contribution < -0.4 is 4.74 Å². The third-order valence-corrected chi connectivity index (χ3v) is 6.61. The van der Waals surface area contributed by atoms with Gasteiger partial charge < -0.3 is 19.5 Å². The van der Waals surface area contributed by atoms with Crippen LogP contribution in [0.1, 0.15) is 30.4 Å². The molecule has 0 spiro atoms. The number of piperidine rings is 1. The number of likely N-dealkylation sites (N-methyl/N-ethyl adjacent to an activating group) is 1. The molecule has 24 heavy (non-hydrogen) atoms. The van der Waals surface area contributed by atoms with E-state index < -0.39 is 11.5 Å². The molecular formula is C19H25NO4. The predicted octanol–water partition coefficient (Wildman–Crippen LogP) is 1.89. The topological polar surface area (TPSA) is 59.0 Å². The van der Waals surface area contributed by atoms with Gasteiger partial charge in [-0.3, -0.25) is 4.79 Å². The molecule has 1 saturated heterocycles. The van der Waals surface area contributed by atoms with Crippen LogP contribution >= 0.6 is 0 Å². The highest BCUT2D eigenvalue weighted by Gasteiger charge is 2.61. The molecule has 0 radical (unpaired) electrons. The van der Waals surface area contributed by atoms with Gasteiger partial charge in [-0.05, 0) is 50.4 Å². The summed E-state index contributed by atoms with van der Waals surface area (Å²) in [6.45, 7) is 0.907. The van der Waals surface area contributed by atoms with E-state index in [1.165, 1.54) is 0 Å². The van der Waals surface area contributed by atoms with E-state index in [2.05, 4.69) is 11.9 Å². The first kappa shape index (κ1) is 15.9. The molecule has 4 rings (SSSR count). The molecule has 1 aromatic rings. The number of likely N-dealkylation sites (tertiary alicyclic amines) is 1. The van der Waals surface area contributed by atoms with Gasteiger partial charge in [-0.2, -0.15) is 0 Å². The van der Waals surface area contributed by atoms with Crippen LogP contribution in [0.2, 0.25) is 0 Å². The summed E-state index contributed by atoms with van der Waals surface area (Å²) in [5, 5.41) is 10.9. The maximum absolute atomic E-state index is 12.7. The number of ether oxygens (including phenoxy) is 2. The molecule has 1 saturated carbocycles. The quantitative estimate of drug-likeness (QED) is 0.897. The molecule has 3 aliphatic rings. The number of nitrogens with zero attached hydrogens (tertiary/aromatic N) is 1. The SMILES string of the molecule is COc1ccc2c(c1O)C13CCN(C)C(C2)C1CCC(=O)C3OC. The van der Waals surface area contributed by atoms with Crippen LogP contribution in [0, 0.1) is 5.92 Å². The highest BCUT2D eigenvalue weighted by molar-refractivity contribution is 5.87. The minimum Gasteiger partial charge on any atom is -0.504 e. The van der Waals surface area contributed by atoms with Crippen LogP contribution in [0.3, 0.4) is 0 Å². The standard InChI is InChI=1S/C19H25NO4/c1-20-9-8-19-12(5-6-14(21)18(19)24-3)13(20)10-11-4-7-15(23-2)17(22)16(11)19/h4,7,12-13,18,22H,5-6,8-10H2,1-3H3. The number of fused-ring (bicyclic) bond motifs is 1. The number of Topliss-reactive ketones (excluding diaryl/α,β-unsaturated/α-hetero) is 1. The van der Waals surface area contributed by atoms with E-state index in [4.69, 9.17) is 9.47 Å². The van der Waals surface area contributed by atoms with Gasteiger partial charge in [0.05, 0.1) is 7.11 Å². The van der Waals surface area contributed by atoms with Crippen molar-refractivity contribution in [1.29, 1.82) is 0 Å². The number of rotatable bonds is 2. The second kappa shape index (κ2) is 5.46. The molecule has 1 heterocycles. The maximum atomic E-state index is 12.7. The number of methoxy groups -OCH3 is 2. The van der Waals surface area contributed by atoms with Crippen molar-refractivity contribution in [3.8, 4) is 11.5 Å². The van der Waals surface area contributed by atoms with E-state index in [1.54, 1.807) is 14.2 Å². The minimum absolute atomic E-state index is 0.159. The first-order chi connectivity index (χ1) is 11.5. The normalized spacial score (nSPS) is 35.3. The third kappa shape index (κ3) is 1.85. The molecular weight excluding hydrogens is 306 g/mol. The Bertz CT molecular complexity index is 688. The van der Waals surface area contributed by atoms with Crippen molar-refractivity contribution in [1.82, 2.24) is 4.90 Å². The van der Waals surface area contributed by atoms with Crippen LogP contribution in [-0.4, -0.2) is 55.7 Å². The Hall–Kier alpha value is -1.59. The molecule has 1 aromatic carbocycles. The van der Waals surface area contributed by atoms with Gasteiger partial charge in [0.2, 0.25) is 0 Å². The van der Waals surface area contributed by atoms with Crippen LogP contribution in [0.15, 0.2) is 12.1 Å². The lowest BCUT2D eigenvalue weighted by Crippen LogP contribution is -2.66. The van der Waals surface area contributed by atoms with Gasteiger partial charge in [0.25, 0.3) is 0 Å². The van der Waals surface area contributed by atoms with Gasteiger partial charge in [0, 0.05) is 30.6 Å². The third-order valence-electron chi connectivity index (χ3n) is 6.61. The number of phenols is 1. The Morgan fingerprint density at radius 2 is 2.12 bits per heavy atom. The molecule has 4 atom stereocenters. The van der Waals surface area contributed by atoms with Crippen LogP contribution in [0.4, 0.5) is 0 Å². The largest absolute Gasteiger partial charge is 0.504 e. The fraction of sp³-hybridized carbons (Fsp3) is 0.632. The van der Waals surface area contributed by atoms with Crippen molar-refractivity contribution < 1.29 is 19.4 Å². The summed E-state index contributed by atoms with van der Waals surface area (Å²) in [5.41, 5.74) is 1.59. The number of aromatic hydroxyl groups is 1. The monoisotopic (exact) mass is 331 g/mol. The van der Waals surface area contributed by atoms with Crippen molar-refractivity contribution in [2.45, 2.75) is 43.2 Å². The number of benzene rings is 1. The van der Waals surface area contributed by atoms with Crippen molar-refractivity contribution >= 4 is 5.78 Å². The van der Waals surface area contributed by atoms with E-state index in [-0.39, 0.29) is 11.5 Å². The highest BCUT2D eigenvalue weighted by atomic mass is 16.5. The fourth-order valence-electron chi connectivity index (χ4n) is 5.63. The van der Waals surface area contributed by atoms with Crippen molar-refractivity contribution in [3.63, 3.8) is 0 Å². The number of ketones is 1. The van der Waals surface area contributed by atoms with E-state index >= 15 is 0 Å². The minimum atomic E-state index is -0.482. The zero-order chi connectivity index (χ0) is 17.1. The second-order valence-corrected chi connectivity index (χ2v) is 7.42. The molecule has 2 fully saturated rings. The Balaban J connectivity index is 2.00. The zero-order valence-electron chi connectivity index (χ0n) is 14.5. The molecule has 0 amide bonds. The Kier molecular flexibility index (Phi) is 3.62. The zero-order valence-corrected chi connectivity index (χ0v) is 14.5. The summed E-state index contributed by atoms with van der Waals surface area (Å²) < 4.78 is 11.1. The Morgan fingerprint density at radius 1 is 1.33 bits per heavy atom. The van der Waals surface area contributed by atoms with Crippen LogP contribution in [0.25, 0.3) is 0 Å². The van der Waals surface area contributed by atoms with E-state index in [0.717, 1.165) is 36.9 Å². The number of hydrogen-bond acceptors (Lipinski definition) is 5. The molecule has 0 aromatic heterocycles. The van der Waals surface area contributed by atoms with E-state index in [1.807, 2.05) is 12.1 Å². The summed E-state index contributed by atoms with van der Waals surface area (Å²) in [7, 11) is 5.36.